The lowest BCUT2D eigenvalue weighted by atomic mass is 10.1. The molecule has 1 saturated heterocycles. The number of amides is 1. The molecule has 18 heavy (non-hydrogen) atoms. The van der Waals surface area contributed by atoms with E-state index < -0.39 is 0 Å². The maximum Gasteiger partial charge on any atom is 0.253 e. The van der Waals surface area contributed by atoms with Crippen LogP contribution in [-0.4, -0.2) is 37.1 Å². The van der Waals surface area contributed by atoms with Crippen LogP contribution in [0.1, 0.15) is 28.8 Å². The van der Waals surface area contributed by atoms with Crippen LogP contribution < -0.4 is 5.73 Å². The van der Waals surface area contributed by atoms with E-state index in [0.29, 0.717) is 17.8 Å². The summed E-state index contributed by atoms with van der Waals surface area (Å²) >= 11 is 0. The molecule has 0 aliphatic carbocycles. The van der Waals surface area contributed by atoms with Gasteiger partial charge in [0, 0.05) is 31.5 Å². The Morgan fingerprint density at radius 3 is 2.94 bits per heavy atom. The minimum atomic E-state index is -0.00259. The Morgan fingerprint density at radius 2 is 2.33 bits per heavy atom. The lowest BCUT2D eigenvalue weighted by Gasteiger charge is -2.21. The number of anilines is 1. The molecule has 0 bridgehead atoms. The van der Waals surface area contributed by atoms with E-state index >= 15 is 0 Å². The van der Waals surface area contributed by atoms with Crippen LogP contribution in [0.25, 0.3) is 0 Å². The lowest BCUT2D eigenvalue weighted by Crippen LogP contribution is -2.34. The zero-order valence-corrected chi connectivity index (χ0v) is 11.0. The van der Waals surface area contributed by atoms with E-state index in [9.17, 15) is 4.79 Å². The standard InChI is InChI=1S/C14H20N2O2/c1-10-5-6-11(8-13(10)15)14(17)16(2)9-12-4-3-7-18-12/h5-6,8,12H,3-4,7,9,15H2,1-2H3. The first-order chi connectivity index (χ1) is 8.58. The van der Waals surface area contributed by atoms with Crippen molar-refractivity contribution >= 4 is 11.6 Å². The van der Waals surface area contributed by atoms with E-state index in [4.69, 9.17) is 10.5 Å². The van der Waals surface area contributed by atoms with Gasteiger partial charge in [-0.25, -0.2) is 0 Å². The molecule has 2 rings (SSSR count). The molecule has 1 aromatic carbocycles. The highest BCUT2D eigenvalue weighted by molar-refractivity contribution is 5.95. The number of nitrogens with zero attached hydrogens (tertiary/aromatic N) is 1. The second-order valence-corrected chi connectivity index (χ2v) is 4.89. The maximum atomic E-state index is 12.2. The number of aryl methyl sites for hydroxylation is 1. The summed E-state index contributed by atoms with van der Waals surface area (Å²) in [6.45, 7) is 3.39. The summed E-state index contributed by atoms with van der Waals surface area (Å²) in [6, 6.07) is 5.44. The molecule has 1 aliphatic heterocycles. The molecule has 4 nitrogen and oxygen atoms in total. The van der Waals surface area contributed by atoms with Gasteiger partial charge in [-0.15, -0.1) is 0 Å². The molecule has 1 unspecified atom stereocenters. The molecule has 1 amide bonds. The van der Waals surface area contributed by atoms with E-state index in [-0.39, 0.29) is 12.0 Å². The zero-order valence-electron chi connectivity index (χ0n) is 11.0. The van der Waals surface area contributed by atoms with Gasteiger partial charge in [-0.1, -0.05) is 6.07 Å². The maximum absolute atomic E-state index is 12.2. The van der Waals surface area contributed by atoms with Crippen LogP contribution in [0.4, 0.5) is 5.69 Å². The highest BCUT2D eigenvalue weighted by Gasteiger charge is 2.20. The summed E-state index contributed by atoms with van der Waals surface area (Å²) in [7, 11) is 1.81. The Morgan fingerprint density at radius 1 is 1.56 bits per heavy atom. The number of nitrogens with two attached hydrogens (primary N) is 1. The second-order valence-electron chi connectivity index (χ2n) is 4.89. The van der Waals surface area contributed by atoms with Crippen molar-refractivity contribution in [2.75, 3.05) is 25.9 Å². The Balaban J connectivity index is 2.02. The first-order valence-corrected chi connectivity index (χ1v) is 6.31. The van der Waals surface area contributed by atoms with Crippen molar-refractivity contribution < 1.29 is 9.53 Å². The molecular weight excluding hydrogens is 228 g/mol. The zero-order chi connectivity index (χ0) is 13.1. The first kappa shape index (κ1) is 12.9. The summed E-state index contributed by atoms with van der Waals surface area (Å²) in [4.78, 5) is 13.9. The van der Waals surface area contributed by atoms with Gasteiger partial charge in [0.1, 0.15) is 0 Å². The Hall–Kier alpha value is -1.55. The molecule has 98 valence electrons. The molecule has 0 saturated carbocycles. The van der Waals surface area contributed by atoms with Crippen molar-refractivity contribution in [1.82, 2.24) is 4.90 Å². The first-order valence-electron chi connectivity index (χ1n) is 6.31. The van der Waals surface area contributed by atoms with Gasteiger partial charge < -0.3 is 15.4 Å². The number of hydrogen-bond acceptors (Lipinski definition) is 3. The van der Waals surface area contributed by atoms with Gasteiger partial charge in [0.15, 0.2) is 0 Å². The van der Waals surface area contributed by atoms with E-state index in [1.165, 1.54) is 0 Å². The van der Waals surface area contributed by atoms with E-state index in [1.807, 2.05) is 19.1 Å². The van der Waals surface area contributed by atoms with Gasteiger partial charge in [0.05, 0.1) is 6.10 Å². The minimum Gasteiger partial charge on any atom is -0.398 e. The number of benzene rings is 1. The van der Waals surface area contributed by atoms with Crippen molar-refractivity contribution in [1.29, 1.82) is 0 Å². The van der Waals surface area contributed by atoms with Gasteiger partial charge in [-0.2, -0.15) is 0 Å². The molecule has 0 aromatic heterocycles. The van der Waals surface area contributed by atoms with Crippen LogP contribution in [0.3, 0.4) is 0 Å². The van der Waals surface area contributed by atoms with Crippen molar-refractivity contribution in [3.05, 3.63) is 29.3 Å². The summed E-state index contributed by atoms with van der Waals surface area (Å²) < 4.78 is 5.53. The molecule has 1 atom stereocenters. The van der Waals surface area contributed by atoms with Crippen LogP contribution >= 0.6 is 0 Å². The molecule has 1 heterocycles. The van der Waals surface area contributed by atoms with Crippen LogP contribution in [-0.2, 0) is 4.74 Å². The third-order valence-corrected chi connectivity index (χ3v) is 3.37. The fourth-order valence-electron chi connectivity index (χ4n) is 2.17. The summed E-state index contributed by atoms with van der Waals surface area (Å²) in [5, 5.41) is 0. The highest BCUT2D eigenvalue weighted by Crippen LogP contribution is 2.16. The third-order valence-electron chi connectivity index (χ3n) is 3.37. The van der Waals surface area contributed by atoms with Crippen molar-refractivity contribution in [2.24, 2.45) is 0 Å². The number of likely N-dealkylation sites (N-methyl/N-ethyl adjacent to an activating group) is 1. The molecule has 2 N–H and O–H groups in total. The molecule has 4 heteroatoms. The molecule has 1 fully saturated rings. The SMILES string of the molecule is Cc1ccc(C(=O)N(C)CC2CCCO2)cc1N. The van der Waals surface area contributed by atoms with E-state index in [1.54, 1.807) is 18.0 Å². The normalized spacial score (nSPS) is 18.9. The Labute approximate surface area is 108 Å². The Bertz CT molecular complexity index is 439. The fraction of sp³-hybridized carbons (Fsp3) is 0.500. The van der Waals surface area contributed by atoms with Crippen molar-refractivity contribution in [3.8, 4) is 0 Å². The van der Waals surface area contributed by atoms with E-state index in [2.05, 4.69) is 0 Å². The van der Waals surface area contributed by atoms with Gasteiger partial charge >= 0.3 is 0 Å². The average molecular weight is 248 g/mol. The highest BCUT2D eigenvalue weighted by atomic mass is 16.5. The van der Waals surface area contributed by atoms with Crippen LogP contribution in [0, 0.1) is 6.92 Å². The van der Waals surface area contributed by atoms with Gasteiger partial charge in [0.2, 0.25) is 0 Å². The smallest absolute Gasteiger partial charge is 0.253 e. The largest absolute Gasteiger partial charge is 0.398 e. The molecule has 1 aromatic rings. The minimum absolute atomic E-state index is 0.00259. The number of carbonyl (C=O) groups is 1. The monoisotopic (exact) mass is 248 g/mol. The predicted molar refractivity (Wildman–Crippen MR) is 71.5 cm³/mol. The molecule has 0 spiro atoms. The summed E-state index contributed by atoms with van der Waals surface area (Å²) in [5.41, 5.74) is 8.12. The average Bonchev–Trinajstić information content (AvgIpc) is 2.84. The molecule has 1 aliphatic rings. The Kier molecular flexibility index (Phi) is 3.87. The quantitative estimate of drug-likeness (QED) is 0.830. The van der Waals surface area contributed by atoms with Gasteiger partial charge in [-0.3, -0.25) is 4.79 Å². The number of rotatable bonds is 3. The lowest BCUT2D eigenvalue weighted by molar-refractivity contribution is 0.0587. The predicted octanol–water partition coefficient (Wildman–Crippen LogP) is 1.83. The number of hydrogen-bond donors (Lipinski definition) is 1. The van der Waals surface area contributed by atoms with E-state index in [0.717, 1.165) is 25.0 Å². The van der Waals surface area contributed by atoms with Crippen molar-refractivity contribution in [2.45, 2.75) is 25.9 Å². The number of nitrogen functional groups attached to an aromatic ring is 1. The summed E-state index contributed by atoms with van der Waals surface area (Å²) in [6.07, 6.45) is 2.31. The molecule has 0 radical (unpaired) electrons. The van der Waals surface area contributed by atoms with Crippen LogP contribution in [0.15, 0.2) is 18.2 Å². The number of carbonyl (C=O) groups excluding carboxylic acids is 1. The van der Waals surface area contributed by atoms with Crippen LogP contribution in [0.5, 0.6) is 0 Å². The van der Waals surface area contributed by atoms with Crippen LogP contribution in [0.2, 0.25) is 0 Å². The van der Waals surface area contributed by atoms with Gasteiger partial charge in [-0.05, 0) is 37.5 Å². The topological polar surface area (TPSA) is 55.6 Å². The number of ether oxygens (including phenoxy) is 1. The van der Waals surface area contributed by atoms with Crippen molar-refractivity contribution in [3.63, 3.8) is 0 Å². The second kappa shape index (κ2) is 5.40. The summed E-state index contributed by atoms with van der Waals surface area (Å²) in [5.74, 6) is -0.00259. The molecular formula is C14H20N2O2. The fourth-order valence-corrected chi connectivity index (χ4v) is 2.17. The van der Waals surface area contributed by atoms with Gasteiger partial charge in [0.25, 0.3) is 5.91 Å². The third kappa shape index (κ3) is 2.82.